The molecule has 0 aliphatic carbocycles. The average Bonchev–Trinajstić information content (AvgIpc) is 3.16. The number of thioether (sulfide) groups is 1. The Bertz CT molecular complexity index is 1040. The van der Waals surface area contributed by atoms with Crippen LogP contribution in [0.15, 0.2) is 60.0 Å². The molecule has 0 aliphatic rings. The topological polar surface area (TPSA) is 61.9 Å². The Balaban J connectivity index is 1.66. The van der Waals surface area contributed by atoms with Crippen molar-refractivity contribution in [3.05, 3.63) is 77.1 Å². The minimum Gasteiger partial charge on any atom is -0.341 e. The molecule has 0 spiro atoms. The number of amides is 1. The number of rotatable bonds is 6. The first kappa shape index (κ1) is 19.7. The van der Waals surface area contributed by atoms with Crippen molar-refractivity contribution in [3.63, 3.8) is 0 Å². The van der Waals surface area contributed by atoms with Gasteiger partial charge < -0.3 is 4.90 Å². The standard InChI is InChI=1S/C22H22N4OS/c1-16-7-8-17(2)20(11-16)26-10-9-24-22(26)28-15-21(27)25(3)14-19-6-4-5-18(12-19)13-23/h4-12H,14-15H2,1-3H3. The summed E-state index contributed by atoms with van der Waals surface area (Å²) >= 11 is 1.43. The summed E-state index contributed by atoms with van der Waals surface area (Å²) in [6, 6.07) is 15.7. The van der Waals surface area contributed by atoms with Crippen LogP contribution in [-0.4, -0.2) is 33.2 Å². The van der Waals surface area contributed by atoms with Gasteiger partial charge in [-0.1, -0.05) is 36.0 Å². The Morgan fingerprint density at radius 1 is 1.25 bits per heavy atom. The summed E-state index contributed by atoms with van der Waals surface area (Å²) in [5.74, 6) is 0.318. The van der Waals surface area contributed by atoms with E-state index in [9.17, 15) is 4.79 Å². The maximum atomic E-state index is 12.6. The number of hydrogen-bond acceptors (Lipinski definition) is 4. The van der Waals surface area contributed by atoms with Gasteiger partial charge in [0.25, 0.3) is 0 Å². The summed E-state index contributed by atoms with van der Waals surface area (Å²) in [5.41, 5.74) is 4.96. The van der Waals surface area contributed by atoms with Crippen molar-refractivity contribution in [1.82, 2.24) is 14.5 Å². The molecular formula is C22H22N4OS. The van der Waals surface area contributed by atoms with Gasteiger partial charge in [0.1, 0.15) is 0 Å². The van der Waals surface area contributed by atoms with Gasteiger partial charge in [-0.25, -0.2) is 4.98 Å². The highest BCUT2D eigenvalue weighted by Crippen LogP contribution is 2.24. The predicted octanol–water partition coefficient (Wildman–Crippen LogP) is 4.11. The molecule has 142 valence electrons. The normalized spacial score (nSPS) is 10.5. The molecule has 0 unspecified atom stereocenters. The van der Waals surface area contributed by atoms with Crippen LogP contribution >= 0.6 is 11.8 Å². The van der Waals surface area contributed by atoms with Gasteiger partial charge in [-0.15, -0.1) is 0 Å². The Hall–Kier alpha value is -3.04. The number of imidazole rings is 1. The van der Waals surface area contributed by atoms with Crippen molar-refractivity contribution >= 4 is 17.7 Å². The molecule has 0 saturated heterocycles. The van der Waals surface area contributed by atoms with Crippen LogP contribution in [0.4, 0.5) is 0 Å². The minimum atomic E-state index is 0.0166. The third-order valence-corrected chi connectivity index (χ3v) is 5.41. The van der Waals surface area contributed by atoms with Gasteiger partial charge in [0.15, 0.2) is 5.16 Å². The molecule has 1 amide bonds. The van der Waals surface area contributed by atoms with E-state index >= 15 is 0 Å². The van der Waals surface area contributed by atoms with Crippen molar-refractivity contribution in [2.45, 2.75) is 25.5 Å². The van der Waals surface area contributed by atoms with E-state index in [2.05, 4.69) is 43.1 Å². The molecular weight excluding hydrogens is 368 g/mol. The summed E-state index contributed by atoms with van der Waals surface area (Å²) in [6.07, 6.45) is 3.68. The van der Waals surface area contributed by atoms with E-state index in [1.807, 2.05) is 29.0 Å². The number of hydrogen-bond donors (Lipinski definition) is 0. The van der Waals surface area contributed by atoms with E-state index in [1.54, 1.807) is 24.2 Å². The van der Waals surface area contributed by atoms with E-state index in [-0.39, 0.29) is 5.91 Å². The number of aromatic nitrogens is 2. The number of nitriles is 1. The maximum absolute atomic E-state index is 12.6. The van der Waals surface area contributed by atoms with Gasteiger partial charge in [0, 0.05) is 26.0 Å². The van der Waals surface area contributed by atoms with E-state index in [1.165, 1.54) is 17.3 Å². The Morgan fingerprint density at radius 3 is 2.86 bits per heavy atom. The van der Waals surface area contributed by atoms with E-state index in [0.717, 1.165) is 22.0 Å². The molecule has 0 aliphatic heterocycles. The summed E-state index contributed by atoms with van der Waals surface area (Å²) in [6.45, 7) is 4.60. The molecule has 3 rings (SSSR count). The number of carbonyl (C=O) groups excluding carboxylic acids is 1. The molecule has 0 atom stereocenters. The third-order valence-electron chi connectivity index (χ3n) is 4.46. The Kier molecular flexibility index (Phi) is 6.17. The molecule has 3 aromatic rings. The van der Waals surface area contributed by atoms with Gasteiger partial charge in [-0.05, 0) is 48.7 Å². The fourth-order valence-corrected chi connectivity index (χ4v) is 3.80. The zero-order valence-corrected chi connectivity index (χ0v) is 17.0. The molecule has 0 saturated carbocycles. The SMILES string of the molecule is Cc1ccc(C)c(-n2ccnc2SCC(=O)N(C)Cc2cccc(C#N)c2)c1. The first-order valence-corrected chi connectivity index (χ1v) is 9.93. The molecule has 5 nitrogen and oxygen atoms in total. The first-order valence-electron chi connectivity index (χ1n) is 8.94. The van der Waals surface area contributed by atoms with Gasteiger partial charge in [0.2, 0.25) is 5.91 Å². The highest BCUT2D eigenvalue weighted by atomic mass is 32.2. The fraction of sp³-hybridized carbons (Fsp3) is 0.227. The smallest absolute Gasteiger partial charge is 0.233 e. The van der Waals surface area contributed by atoms with Gasteiger partial charge in [0.05, 0.1) is 23.1 Å². The molecule has 0 N–H and O–H groups in total. The van der Waals surface area contributed by atoms with Gasteiger partial charge in [-0.3, -0.25) is 9.36 Å². The zero-order valence-electron chi connectivity index (χ0n) is 16.2. The van der Waals surface area contributed by atoms with Crippen molar-refractivity contribution in [3.8, 4) is 11.8 Å². The van der Waals surface area contributed by atoms with Crippen LogP contribution < -0.4 is 0 Å². The lowest BCUT2D eigenvalue weighted by molar-refractivity contribution is -0.127. The molecule has 0 bridgehead atoms. The van der Waals surface area contributed by atoms with Crippen LogP contribution in [0, 0.1) is 25.2 Å². The number of benzene rings is 2. The summed E-state index contributed by atoms with van der Waals surface area (Å²) in [5, 5.41) is 9.80. The molecule has 1 aromatic heterocycles. The van der Waals surface area contributed by atoms with Crippen LogP contribution in [0.3, 0.4) is 0 Å². The fourth-order valence-electron chi connectivity index (χ4n) is 2.90. The van der Waals surface area contributed by atoms with Crippen LogP contribution in [-0.2, 0) is 11.3 Å². The maximum Gasteiger partial charge on any atom is 0.233 e. The molecule has 6 heteroatoms. The lowest BCUT2D eigenvalue weighted by Gasteiger charge is -2.17. The van der Waals surface area contributed by atoms with Crippen molar-refractivity contribution in [2.24, 2.45) is 0 Å². The van der Waals surface area contributed by atoms with Crippen LogP contribution in [0.5, 0.6) is 0 Å². The monoisotopic (exact) mass is 390 g/mol. The summed E-state index contributed by atoms with van der Waals surface area (Å²) in [7, 11) is 1.78. The largest absolute Gasteiger partial charge is 0.341 e. The molecule has 28 heavy (non-hydrogen) atoms. The van der Waals surface area contributed by atoms with Crippen molar-refractivity contribution in [1.29, 1.82) is 5.26 Å². The lowest BCUT2D eigenvalue weighted by atomic mass is 10.1. The second kappa shape index (κ2) is 8.77. The van der Waals surface area contributed by atoms with Crippen molar-refractivity contribution < 1.29 is 4.79 Å². The number of carbonyl (C=O) groups is 1. The average molecular weight is 391 g/mol. The molecule has 2 aromatic carbocycles. The second-order valence-corrected chi connectivity index (χ2v) is 7.66. The quantitative estimate of drug-likeness (QED) is 0.594. The molecule has 0 radical (unpaired) electrons. The highest BCUT2D eigenvalue weighted by Gasteiger charge is 2.14. The molecule has 1 heterocycles. The zero-order chi connectivity index (χ0) is 20.1. The van der Waals surface area contributed by atoms with Crippen LogP contribution in [0.1, 0.15) is 22.3 Å². The minimum absolute atomic E-state index is 0.0166. The second-order valence-electron chi connectivity index (χ2n) is 6.72. The Morgan fingerprint density at radius 2 is 2.07 bits per heavy atom. The first-order chi connectivity index (χ1) is 13.5. The van der Waals surface area contributed by atoms with Crippen molar-refractivity contribution in [2.75, 3.05) is 12.8 Å². The summed E-state index contributed by atoms with van der Waals surface area (Å²) in [4.78, 5) is 18.7. The van der Waals surface area contributed by atoms with Crippen LogP contribution in [0.25, 0.3) is 5.69 Å². The lowest BCUT2D eigenvalue weighted by Crippen LogP contribution is -2.27. The van der Waals surface area contributed by atoms with Crippen LogP contribution in [0.2, 0.25) is 0 Å². The van der Waals surface area contributed by atoms with Gasteiger partial charge >= 0.3 is 0 Å². The predicted molar refractivity (Wildman–Crippen MR) is 111 cm³/mol. The Labute approximate surface area is 169 Å². The van der Waals surface area contributed by atoms with Gasteiger partial charge in [-0.2, -0.15) is 5.26 Å². The highest BCUT2D eigenvalue weighted by molar-refractivity contribution is 7.99. The van der Waals surface area contributed by atoms with E-state index < -0.39 is 0 Å². The summed E-state index contributed by atoms with van der Waals surface area (Å²) < 4.78 is 2.02. The number of nitrogens with zero attached hydrogens (tertiary/aromatic N) is 4. The third kappa shape index (κ3) is 4.62. The molecule has 0 fully saturated rings. The van der Waals surface area contributed by atoms with E-state index in [0.29, 0.717) is 17.9 Å². The number of aryl methyl sites for hydroxylation is 2. The van der Waals surface area contributed by atoms with E-state index in [4.69, 9.17) is 5.26 Å².